The lowest BCUT2D eigenvalue weighted by molar-refractivity contribution is -0.192. The van der Waals surface area contributed by atoms with Crippen LogP contribution in [0.1, 0.15) is 19.0 Å². The number of hydrogen-bond donors (Lipinski definition) is 1. The molecule has 1 N–H and O–H groups in total. The van der Waals surface area contributed by atoms with Crippen LogP contribution in [-0.4, -0.2) is 43.7 Å². The van der Waals surface area contributed by atoms with Gasteiger partial charge in [0.1, 0.15) is 6.54 Å². The maximum atomic E-state index is 12.9. The van der Waals surface area contributed by atoms with Gasteiger partial charge in [0, 0.05) is 18.3 Å². The summed E-state index contributed by atoms with van der Waals surface area (Å²) in [5, 5.41) is 16.7. The van der Waals surface area contributed by atoms with Crippen molar-refractivity contribution in [3.8, 4) is 0 Å². The molecule has 1 unspecified atom stereocenters. The highest BCUT2D eigenvalue weighted by Crippen LogP contribution is 2.31. The van der Waals surface area contributed by atoms with E-state index in [2.05, 4.69) is 10.2 Å². The van der Waals surface area contributed by atoms with Crippen LogP contribution in [-0.2, 0) is 17.5 Å². The molecule has 11 heteroatoms. The molecule has 0 saturated heterocycles. The van der Waals surface area contributed by atoms with E-state index in [1.807, 2.05) is 0 Å². The number of aromatic nitrogens is 2. The summed E-state index contributed by atoms with van der Waals surface area (Å²) >= 11 is 0. The Morgan fingerprint density at radius 2 is 2.14 bits per heavy atom. The van der Waals surface area contributed by atoms with Crippen LogP contribution in [0.4, 0.5) is 22.0 Å². The lowest BCUT2D eigenvalue weighted by atomic mass is 10.1. The Balaban J connectivity index is 2.16. The molecule has 1 atom stereocenters. The van der Waals surface area contributed by atoms with Gasteiger partial charge in [-0.25, -0.2) is 8.78 Å². The molecular weight excluding hydrogens is 315 g/mol. The number of hydrogen-bond acceptors (Lipinski definition) is 4. The number of alkyl halides is 5. The maximum Gasteiger partial charge on any atom is 0.435 e. The molecule has 6 nitrogen and oxygen atoms in total. The molecule has 1 aliphatic rings. The smallest absolute Gasteiger partial charge is 0.364 e. The first-order valence-corrected chi connectivity index (χ1v) is 6.02. The predicted octanol–water partition coefficient (Wildman–Crippen LogP) is 1.46. The van der Waals surface area contributed by atoms with Crippen LogP contribution in [0.5, 0.6) is 0 Å². The lowest BCUT2D eigenvalue weighted by Gasteiger charge is -2.29. The van der Waals surface area contributed by atoms with Gasteiger partial charge in [-0.15, -0.1) is 0 Å². The van der Waals surface area contributed by atoms with Gasteiger partial charge in [0.15, 0.2) is 5.69 Å². The van der Waals surface area contributed by atoms with Crippen molar-refractivity contribution in [1.29, 1.82) is 0 Å². The minimum absolute atomic E-state index is 0.104. The van der Waals surface area contributed by atoms with Crippen LogP contribution >= 0.6 is 0 Å². The van der Waals surface area contributed by atoms with Crippen molar-refractivity contribution in [2.45, 2.75) is 38.2 Å². The standard InChI is InChI=1S/C11H11F5N4O2/c1-6-4-10(22,9(12)13)20(17-6)8(21)5-19-3-2-7(18-19)11(14,15)16/h2-3,9,22H,4-5H2,1H3. The van der Waals surface area contributed by atoms with Gasteiger partial charge in [-0.05, 0) is 13.0 Å². The van der Waals surface area contributed by atoms with Gasteiger partial charge in [-0.1, -0.05) is 0 Å². The van der Waals surface area contributed by atoms with Gasteiger partial charge in [0.05, 0.1) is 0 Å². The average Bonchev–Trinajstić information content (AvgIpc) is 2.94. The molecule has 0 radical (unpaired) electrons. The van der Waals surface area contributed by atoms with Crippen molar-refractivity contribution in [2.24, 2.45) is 5.10 Å². The summed E-state index contributed by atoms with van der Waals surface area (Å²) in [6, 6.07) is 0.644. The molecule has 2 rings (SSSR count). The summed E-state index contributed by atoms with van der Waals surface area (Å²) in [5.74, 6) is -1.10. The van der Waals surface area contributed by atoms with E-state index in [-0.39, 0.29) is 10.7 Å². The molecule has 0 aliphatic carbocycles. The van der Waals surface area contributed by atoms with Crippen LogP contribution in [0.2, 0.25) is 0 Å². The zero-order valence-corrected chi connectivity index (χ0v) is 11.2. The molecule has 1 aliphatic heterocycles. The third-order valence-electron chi connectivity index (χ3n) is 2.97. The van der Waals surface area contributed by atoms with Gasteiger partial charge in [-0.2, -0.15) is 28.4 Å². The first-order valence-electron chi connectivity index (χ1n) is 6.02. The number of rotatable bonds is 3. The summed E-state index contributed by atoms with van der Waals surface area (Å²) in [7, 11) is 0. The first kappa shape index (κ1) is 16.3. The highest BCUT2D eigenvalue weighted by molar-refractivity contribution is 5.88. The molecule has 1 amide bonds. The Hall–Kier alpha value is -2.04. The van der Waals surface area contributed by atoms with E-state index in [4.69, 9.17) is 0 Å². The fourth-order valence-corrected chi connectivity index (χ4v) is 1.99. The monoisotopic (exact) mass is 326 g/mol. The molecule has 122 valence electrons. The summed E-state index contributed by atoms with van der Waals surface area (Å²) in [6.45, 7) is 0.582. The number of nitrogens with zero attached hydrogens (tertiary/aromatic N) is 4. The van der Waals surface area contributed by atoms with Gasteiger partial charge in [0.2, 0.25) is 5.72 Å². The van der Waals surface area contributed by atoms with Crippen LogP contribution in [0, 0.1) is 0 Å². The number of amides is 1. The van der Waals surface area contributed by atoms with Crippen molar-refractivity contribution >= 4 is 11.6 Å². The molecule has 0 saturated carbocycles. The second kappa shape index (κ2) is 5.30. The van der Waals surface area contributed by atoms with Crippen molar-refractivity contribution < 1.29 is 31.9 Å². The normalized spacial score (nSPS) is 22.4. The fraction of sp³-hybridized carbons (Fsp3) is 0.545. The van der Waals surface area contributed by atoms with Crippen molar-refractivity contribution in [3.63, 3.8) is 0 Å². The second-order valence-electron chi connectivity index (χ2n) is 4.79. The largest absolute Gasteiger partial charge is 0.435 e. The van der Waals surface area contributed by atoms with Crippen molar-refractivity contribution in [1.82, 2.24) is 14.8 Å². The number of hydrazone groups is 1. The zero-order valence-electron chi connectivity index (χ0n) is 11.2. The first-order chi connectivity index (χ1) is 10.0. The van der Waals surface area contributed by atoms with E-state index in [9.17, 15) is 31.9 Å². The second-order valence-corrected chi connectivity index (χ2v) is 4.79. The molecular formula is C11H11F5N4O2. The number of halogens is 5. The van der Waals surface area contributed by atoms with Crippen LogP contribution in [0.3, 0.4) is 0 Å². The Bertz CT molecular complexity index is 612. The van der Waals surface area contributed by atoms with Gasteiger partial charge in [0.25, 0.3) is 12.3 Å². The predicted molar refractivity (Wildman–Crippen MR) is 62.8 cm³/mol. The van der Waals surface area contributed by atoms with Crippen LogP contribution < -0.4 is 0 Å². The molecule has 0 spiro atoms. The molecule has 1 aromatic heterocycles. The number of carbonyl (C=O) groups excluding carboxylic acids is 1. The number of carbonyl (C=O) groups is 1. The Morgan fingerprint density at radius 1 is 1.50 bits per heavy atom. The zero-order chi connectivity index (χ0) is 16.7. The molecule has 0 fully saturated rings. The summed E-state index contributed by atoms with van der Waals surface area (Å²) in [4.78, 5) is 11.9. The topological polar surface area (TPSA) is 70.7 Å². The van der Waals surface area contributed by atoms with Gasteiger partial charge in [-0.3, -0.25) is 9.48 Å². The quantitative estimate of drug-likeness (QED) is 0.855. The maximum absolute atomic E-state index is 12.9. The number of aliphatic hydroxyl groups is 1. The minimum atomic E-state index is -4.68. The summed E-state index contributed by atoms with van der Waals surface area (Å²) < 4.78 is 63.6. The van der Waals surface area contributed by atoms with E-state index in [1.165, 1.54) is 6.92 Å². The van der Waals surface area contributed by atoms with E-state index in [1.54, 1.807) is 0 Å². The molecule has 2 heterocycles. The highest BCUT2D eigenvalue weighted by atomic mass is 19.4. The van der Waals surface area contributed by atoms with E-state index < -0.39 is 42.9 Å². The third kappa shape index (κ3) is 2.93. The fourth-order valence-electron chi connectivity index (χ4n) is 1.99. The summed E-state index contributed by atoms with van der Waals surface area (Å²) in [6.07, 6.45) is -7.61. The molecule has 0 aromatic carbocycles. The van der Waals surface area contributed by atoms with Gasteiger partial charge >= 0.3 is 6.18 Å². The van der Waals surface area contributed by atoms with Crippen LogP contribution in [0.15, 0.2) is 17.4 Å². The Labute approximate surface area is 120 Å². The van der Waals surface area contributed by atoms with Crippen molar-refractivity contribution in [3.05, 3.63) is 18.0 Å². The van der Waals surface area contributed by atoms with E-state index in [0.717, 1.165) is 6.20 Å². The summed E-state index contributed by atoms with van der Waals surface area (Å²) in [5.41, 5.74) is -3.90. The Morgan fingerprint density at radius 3 is 2.64 bits per heavy atom. The van der Waals surface area contributed by atoms with Crippen molar-refractivity contribution in [2.75, 3.05) is 0 Å². The molecule has 22 heavy (non-hydrogen) atoms. The van der Waals surface area contributed by atoms with E-state index >= 15 is 0 Å². The lowest BCUT2D eigenvalue weighted by Crippen LogP contribution is -2.52. The van der Waals surface area contributed by atoms with Gasteiger partial charge < -0.3 is 5.11 Å². The Kier molecular flexibility index (Phi) is 3.94. The average molecular weight is 326 g/mol. The van der Waals surface area contributed by atoms with Crippen LogP contribution in [0.25, 0.3) is 0 Å². The molecule has 0 bridgehead atoms. The third-order valence-corrected chi connectivity index (χ3v) is 2.97. The minimum Gasteiger partial charge on any atom is -0.364 e. The van der Waals surface area contributed by atoms with E-state index in [0.29, 0.717) is 10.7 Å². The highest BCUT2D eigenvalue weighted by Gasteiger charge is 2.50. The SMILES string of the molecule is CC1=NN(C(=O)Cn2ccc(C(F)(F)F)n2)C(O)(C(F)F)C1. The molecule has 1 aromatic rings.